The van der Waals surface area contributed by atoms with Crippen LogP contribution in [0.5, 0.6) is 11.6 Å². The Morgan fingerprint density at radius 1 is 1.19 bits per heavy atom. The molecule has 0 aliphatic heterocycles. The molecule has 0 saturated carbocycles. The fourth-order valence-corrected chi connectivity index (χ4v) is 2.63. The van der Waals surface area contributed by atoms with E-state index in [2.05, 4.69) is 14.7 Å². The van der Waals surface area contributed by atoms with E-state index in [0.717, 1.165) is 15.8 Å². The molecule has 0 atom stereocenters. The first kappa shape index (κ1) is 13.5. The van der Waals surface area contributed by atoms with Gasteiger partial charge in [-0.3, -0.25) is 4.79 Å². The van der Waals surface area contributed by atoms with Crippen LogP contribution in [0.1, 0.15) is 5.56 Å². The first-order valence-corrected chi connectivity index (χ1v) is 7.16. The van der Waals surface area contributed by atoms with Gasteiger partial charge in [-0.2, -0.15) is 0 Å². The Hall–Kier alpha value is -2.47. The maximum atomic E-state index is 11.2. The number of methoxy groups -OCH3 is 1. The van der Waals surface area contributed by atoms with Gasteiger partial charge in [0.25, 0.3) is 0 Å². The Bertz CT molecular complexity index is 768. The molecular formula is C15H12N2O3S. The fourth-order valence-electron chi connectivity index (χ4n) is 1.86. The standard InChI is InChI=1S/C15H12N2O3S/c1-19-13(18)8-10-2-4-11(5-3-10)20-15-14-12(6-7-21-14)16-9-17-15/h2-7,9H,8H2,1H3. The number of nitrogens with zero attached hydrogens (tertiary/aromatic N) is 2. The van der Waals surface area contributed by atoms with Gasteiger partial charge in [0.05, 0.1) is 19.0 Å². The molecule has 0 unspecified atom stereocenters. The first-order chi connectivity index (χ1) is 10.3. The molecule has 0 amide bonds. The molecule has 2 heterocycles. The van der Waals surface area contributed by atoms with Crippen LogP contribution in [-0.4, -0.2) is 23.0 Å². The van der Waals surface area contributed by atoms with Crippen molar-refractivity contribution >= 4 is 27.5 Å². The molecule has 0 bridgehead atoms. The Morgan fingerprint density at radius 3 is 2.76 bits per heavy atom. The summed E-state index contributed by atoms with van der Waals surface area (Å²) in [6, 6.07) is 9.20. The SMILES string of the molecule is COC(=O)Cc1ccc(Oc2ncnc3ccsc23)cc1. The number of aromatic nitrogens is 2. The molecule has 5 nitrogen and oxygen atoms in total. The summed E-state index contributed by atoms with van der Waals surface area (Å²) in [6.07, 6.45) is 1.73. The normalized spacial score (nSPS) is 10.5. The summed E-state index contributed by atoms with van der Waals surface area (Å²) in [4.78, 5) is 19.5. The number of rotatable bonds is 4. The molecule has 106 valence electrons. The van der Waals surface area contributed by atoms with E-state index in [-0.39, 0.29) is 12.4 Å². The third-order valence-corrected chi connectivity index (χ3v) is 3.82. The second-order valence-corrected chi connectivity index (χ2v) is 5.23. The van der Waals surface area contributed by atoms with Crippen molar-refractivity contribution in [3.8, 4) is 11.6 Å². The maximum absolute atomic E-state index is 11.2. The molecule has 0 aliphatic rings. The molecule has 0 aliphatic carbocycles. The van der Waals surface area contributed by atoms with Crippen LogP contribution in [0.15, 0.2) is 42.0 Å². The van der Waals surface area contributed by atoms with Crippen LogP contribution < -0.4 is 4.74 Å². The maximum Gasteiger partial charge on any atom is 0.309 e. The van der Waals surface area contributed by atoms with Crippen LogP contribution in [0.2, 0.25) is 0 Å². The lowest BCUT2D eigenvalue weighted by molar-refractivity contribution is -0.139. The predicted octanol–water partition coefficient (Wildman–Crippen LogP) is 3.20. The molecule has 1 aromatic carbocycles. The summed E-state index contributed by atoms with van der Waals surface area (Å²) in [7, 11) is 1.38. The number of fused-ring (bicyclic) bond motifs is 1. The molecule has 0 saturated heterocycles. The Balaban J connectivity index is 1.79. The van der Waals surface area contributed by atoms with Gasteiger partial charge >= 0.3 is 5.97 Å². The molecule has 21 heavy (non-hydrogen) atoms. The molecule has 2 aromatic heterocycles. The second-order valence-electron chi connectivity index (χ2n) is 4.31. The molecule has 0 fully saturated rings. The number of benzene rings is 1. The van der Waals surface area contributed by atoms with Crippen molar-refractivity contribution in [3.05, 3.63) is 47.6 Å². The van der Waals surface area contributed by atoms with Gasteiger partial charge in [-0.15, -0.1) is 11.3 Å². The Morgan fingerprint density at radius 2 is 2.00 bits per heavy atom. The molecule has 6 heteroatoms. The van der Waals surface area contributed by atoms with E-state index in [9.17, 15) is 4.79 Å². The summed E-state index contributed by atoms with van der Waals surface area (Å²) in [5.74, 6) is 0.937. The summed E-state index contributed by atoms with van der Waals surface area (Å²) < 4.78 is 11.3. The van der Waals surface area contributed by atoms with Gasteiger partial charge in [-0.25, -0.2) is 9.97 Å². The average molecular weight is 300 g/mol. The zero-order chi connectivity index (χ0) is 14.7. The van der Waals surface area contributed by atoms with E-state index in [1.165, 1.54) is 24.8 Å². The van der Waals surface area contributed by atoms with E-state index in [1.54, 1.807) is 12.1 Å². The number of ether oxygens (including phenoxy) is 2. The lowest BCUT2D eigenvalue weighted by Crippen LogP contribution is -2.04. The number of hydrogen-bond donors (Lipinski definition) is 0. The van der Waals surface area contributed by atoms with E-state index in [4.69, 9.17) is 4.74 Å². The number of thiophene rings is 1. The lowest BCUT2D eigenvalue weighted by atomic mass is 10.1. The van der Waals surface area contributed by atoms with Gasteiger partial charge in [0.15, 0.2) is 0 Å². The van der Waals surface area contributed by atoms with Crippen molar-refractivity contribution in [3.63, 3.8) is 0 Å². The zero-order valence-electron chi connectivity index (χ0n) is 11.3. The molecular weight excluding hydrogens is 288 g/mol. The number of hydrogen-bond acceptors (Lipinski definition) is 6. The van der Waals surface area contributed by atoms with Crippen LogP contribution >= 0.6 is 11.3 Å². The van der Waals surface area contributed by atoms with Crippen molar-refractivity contribution < 1.29 is 14.3 Å². The smallest absolute Gasteiger partial charge is 0.309 e. The zero-order valence-corrected chi connectivity index (χ0v) is 12.1. The van der Waals surface area contributed by atoms with E-state index in [1.807, 2.05) is 23.6 Å². The minimum absolute atomic E-state index is 0.249. The van der Waals surface area contributed by atoms with Crippen LogP contribution in [0, 0.1) is 0 Å². The molecule has 0 spiro atoms. The summed E-state index contributed by atoms with van der Waals surface area (Å²) in [5, 5.41) is 1.95. The fraction of sp³-hybridized carbons (Fsp3) is 0.133. The predicted molar refractivity (Wildman–Crippen MR) is 79.7 cm³/mol. The Labute approximate surface area is 125 Å². The van der Waals surface area contributed by atoms with Crippen LogP contribution in [-0.2, 0) is 16.0 Å². The van der Waals surface area contributed by atoms with E-state index >= 15 is 0 Å². The molecule has 0 radical (unpaired) electrons. The summed E-state index contributed by atoms with van der Waals surface area (Å²) in [5.41, 5.74) is 1.74. The molecule has 3 aromatic rings. The number of carbonyl (C=O) groups is 1. The lowest BCUT2D eigenvalue weighted by Gasteiger charge is -2.06. The minimum Gasteiger partial charge on any atom is -0.469 e. The quantitative estimate of drug-likeness (QED) is 0.692. The summed E-state index contributed by atoms with van der Waals surface area (Å²) >= 11 is 1.54. The Kier molecular flexibility index (Phi) is 3.79. The van der Waals surface area contributed by atoms with Gasteiger partial charge in [-0.05, 0) is 29.1 Å². The monoisotopic (exact) mass is 300 g/mol. The van der Waals surface area contributed by atoms with Gasteiger partial charge in [0.1, 0.15) is 16.8 Å². The van der Waals surface area contributed by atoms with Crippen LogP contribution in [0.25, 0.3) is 10.2 Å². The van der Waals surface area contributed by atoms with Crippen LogP contribution in [0.3, 0.4) is 0 Å². The van der Waals surface area contributed by atoms with Gasteiger partial charge in [0.2, 0.25) is 5.88 Å². The van der Waals surface area contributed by atoms with Crippen molar-refractivity contribution in [2.24, 2.45) is 0 Å². The van der Waals surface area contributed by atoms with Crippen molar-refractivity contribution in [2.75, 3.05) is 7.11 Å². The minimum atomic E-state index is -0.264. The first-order valence-electron chi connectivity index (χ1n) is 6.28. The third-order valence-electron chi connectivity index (χ3n) is 2.92. The van der Waals surface area contributed by atoms with Gasteiger partial charge in [-0.1, -0.05) is 12.1 Å². The highest BCUT2D eigenvalue weighted by molar-refractivity contribution is 7.17. The van der Waals surface area contributed by atoms with E-state index in [0.29, 0.717) is 11.6 Å². The van der Waals surface area contributed by atoms with E-state index < -0.39 is 0 Å². The van der Waals surface area contributed by atoms with Gasteiger partial charge < -0.3 is 9.47 Å². The molecule has 0 N–H and O–H groups in total. The van der Waals surface area contributed by atoms with Crippen molar-refractivity contribution in [1.82, 2.24) is 9.97 Å². The number of esters is 1. The highest BCUT2D eigenvalue weighted by atomic mass is 32.1. The van der Waals surface area contributed by atoms with Crippen molar-refractivity contribution in [1.29, 1.82) is 0 Å². The van der Waals surface area contributed by atoms with Crippen molar-refractivity contribution in [2.45, 2.75) is 6.42 Å². The van der Waals surface area contributed by atoms with Crippen LogP contribution in [0.4, 0.5) is 0 Å². The number of carbonyl (C=O) groups excluding carboxylic acids is 1. The highest BCUT2D eigenvalue weighted by Gasteiger charge is 2.08. The third kappa shape index (κ3) is 3.00. The topological polar surface area (TPSA) is 61.3 Å². The van der Waals surface area contributed by atoms with Gasteiger partial charge in [0, 0.05) is 0 Å². The average Bonchev–Trinajstić information content (AvgIpc) is 2.99. The second kappa shape index (κ2) is 5.88. The summed E-state index contributed by atoms with van der Waals surface area (Å²) in [6.45, 7) is 0. The molecule has 3 rings (SSSR count). The largest absolute Gasteiger partial charge is 0.469 e. The highest BCUT2D eigenvalue weighted by Crippen LogP contribution is 2.30.